The maximum absolute atomic E-state index is 13.7. The summed E-state index contributed by atoms with van der Waals surface area (Å²) in [6, 6.07) is 14.6. The summed E-state index contributed by atoms with van der Waals surface area (Å²) >= 11 is 5.95. The minimum atomic E-state index is -3.89. The molecule has 0 spiro atoms. The first kappa shape index (κ1) is 23.4. The van der Waals surface area contributed by atoms with Crippen LogP contribution in [0, 0.1) is 5.82 Å². The van der Waals surface area contributed by atoms with Crippen molar-refractivity contribution in [3.05, 3.63) is 77.6 Å². The van der Waals surface area contributed by atoms with Gasteiger partial charge in [-0.05, 0) is 66.7 Å². The number of primary sulfonamides is 1. The molecule has 1 heterocycles. The van der Waals surface area contributed by atoms with Gasteiger partial charge in [-0.1, -0.05) is 11.6 Å². The molecule has 0 saturated carbocycles. The lowest BCUT2D eigenvalue weighted by Gasteiger charge is -2.11. The normalized spacial score (nSPS) is 11.4. The highest BCUT2D eigenvalue weighted by Gasteiger charge is 2.20. The van der Waals surface area contributed by atoms with E-state index < -0.39 is 21.9 Å². The average Bonchev–Trinajstić information content (AvgIpc) is 3.25. The van der Waals surface area contributed by atoms with Crippen molar-refractivity contribution in [3.63, 3.8) is 0 Å². The number of aromatic nitrogens is 1. The zero-order chi connectivity index (χ0) is 24.6. The minimum Gasteiger partial charge on any atom is -0.435 e. The first-order valence-corrected chi connectivity index (χ1v) is 11.5. The zero-order valence-electron chi connectivity index (χ0n) is 17.1. The summed E-state index contributed by atoms with van der Waals surface area (Å²) in [6.07, 6.45) is 0. The molecule has 0 aliphatic rings. The Bertz CT molecular complexity index is 1490. The molecule has 0 aliphatic carbocycles. The van der Waals surface area contributed by atoms with Crippen LogP contribution in [0.25, 0.3) is 34.0 Å². The number of hydrogen-bond acceptors (Lipinski definition) is 6. The number of hydroxylamine groups is 1. The molecule has 0 aliphatic heterocycles. The van der Waals surface area contributed by atoms with Crippen LogP contribution in [-0.2, 0) is 10.0 Å². The SMILES string of the molecule is NC(=O)N(O)c1ccc(-c2nc(-c3ccc(F)c(Cl)c3)c(-c3ccc(S(N)(=O)=O)cc3)o2)cc1. The van der Waals surface area contributed by atoms with Gasteiger partial charge in [0, 0.05) is 16.7 Å². The summed E-state index contributed by atoms with van der Waals surface area (Å²) in [7, 11) is -3.89. The van der Waals surface area contributed by atoms with Gasteiger partial charge in [-0.3, -0.25) is 5.21 Å². The van der Waals surface area contributed by atoms with Crippen LogP contribution in [0.15, 0.2) is 76.0 Å². The maximum atomic E-state index is 13.7. The number of sulfonamides is 1. The third-order valence-electron chi connectivity index (χ3n) is 4.83. The summed E-state index contributed by atoms with van der Waals surface area (Å²) in [6.45, 7) is 0. The molecular formula is C22H16ClFN4O5S. The van der Waals surface area contributed by atoms with Crippen molar-refractivity contribution in [3.8, 4) is 34.0 Å². The third kappa shape index (κ3) is 4.63. The van der Waals surface area contributed by atoms with E-state index in [4.69, 9.17) is 26.9 Å². The summed E-state index contributed by atoms with van der Waals surface area (Å²) < 4.78 is 42.9. The average molecular weight is 503 g/mol. The standard InChI is InChI=1S/C22H16ClFN4O5S/c23-17-11-14(5-10-18(17)24)19-20(12-3-8-16(9-4-12)34(26,31)32)33-21(27-19)13-1-6-15(7-2-13)28(30)22(25)29/h1-11,30H,(H2,25,29)(H2,26,31,32). The van der Waals surface area contributed by atoms with E-state index in [2.05, 4.69) is 4.98 Å². The number of nitrogens with two attached hydrogens (primary N) is 2. The van der Waals surface area contributed by atoms with Crippen molar-refractivity contribution >= 4 is 33.3 Å². The molecule has 9 nitrogen and oxygen atoms in total. The van der Waals surface area contributed by atoms with Crippen LogP contribution in [0.4, 0.5) is 14.9 Å². The number of primary amides is 1. The third-order valence-corrected chi connectivity index (χ3v) is 6.05. The molecule has 0 unspecified atom stereocenters. The fourth-order valence-corrected chi connectivity index (χ4v) is 3.84. The Morgan fingerprint density at radius 1 is 1.00 bits per heavy atom. The quantitative estimate of drug-likeness (QED) is 0.272. The Kier molecular flexibility index (Phi) is 6.11. The fourth-order valence-electron chi connectivity index (χ4n) is 3.15. The van der Waals surface area contributed by atoms with Gasteiger partial charge in [-0.25, -0.2) is 27.7 Å². The fraction of sp³-hybridized carbons (Fsp3) is 0. The second-order valence-corrected chi connectivity index (χ2v) is 9.06. The van der Waals surface area contributed by atoms with Crippen LogP contribution in [0.2, 0.25) is 5.02 Å². The van der Waals surface area contributed by atoms with Gasteiger partial charge in [-0.15, -0.1) is 0 Å². The highest BCUT2D eigenvalue weighted by atomic mass is 35.5. The molecule has 0 radical (unpaired) electrons. The number of rotatable bonds is 5. The number of carbonyl (C=O) groups excluding carboxylic acids is 1. The number of oxazole rings is 1. The Morgan fingerprint density at radius 2 is 1.59 bits per heavy atom. The van der Waals surface area contributed by atoms with Gasteiger partial charge in [0.2, 0.25) is 15.9 Å². The van der Waals surface area contributed by atoms with Crippen LogP contribution >= 0.6 is 11.6 Å². The van der Waals surface area contributed by atoms with Gasteiger partial charge in [0.1, 0.15) is 11.5 Å². The van der Waals surface area contributed by atoms with Crippen molar-refractivity contribution in [1.82, 2.24) is 4.98 Å². The van der Waals surface area contributed by atoms with Crippen LogP contribution in [0.5, 0.6) is 0 Å². The van der Waals surface area contributed by atoms with Crippen molar-refractivity contribution in [2.45, 2.75) is 4.90 Å². The van der Waals surface area contributed by atoms with Gasteiger partial charge in [0.15, 0.2) is 5.76 Å². The molecular weight excluding hydrogens is 487 g/mol. The lowest BCUT2D eigenvalue weighted by Crippen LogP contribution is -2.32. The lowest BCUT2D eigenvalue weighted by molar-refractivity contribution is 0.212. The van der Waals surface area contributed by atoms with E-state index in [0.717, 1.165) is 0 Å². The molecule has 0 bridgehead atoms. The topological polar surface area (TPSA) is 153 Å². The molecule has 174 valence electrons. The van der Waals surface area contributed by atoms with E-state index in [0.29, 0.717) is 22.4 Å². The molecule has 12 heteroatoms. The Morgan fingerprint density at radius 3 is 2.15 bits per heavy atom. The van der Waals surface area contributed by atoms with Crippen molar-refractivity contribution in [1.29, 1.82) is 0 Å². The molecule has 2 amide bonds. The van der Waals surface area contributed by atoms with Crippen LogP contribution < -0.4 is 15.9 Å². The second-order valence-electron chi connectivity index (χ2n) is 7.09. The molecule has 4 aromatic rings. The predicted molar refractivity (Wildman–Crippen MR) is 123 cm³/mol. The Hall–Kier alpha value is -3.77. The maximum Gasteiger partial charge on any atom is 0.343 e. The van der Waals surface area contributed by atoms with Gasteiger partial charge < -0.3 is 10.2 Å². The van der Waals surface area contributed by atoms with Crippen molar-refractivity contribution < 1.29 is 27.2 Å². The molecule has 0 saturated heterocycles. The molecule has 34 heavy (non-hydrogen) atoms. The van der Waals surface area contributed by atoms with Crippen LogP contribution in [0.1, 0.15) is 0 Å². The summed E-state index contributed by atoms with van der Waals surface area (Å²) in [5.74, 6) is -0.175. The largest absolute Gasteiger partial charge is 0.435 e. The van der Waals surface area contributed by atoms with E-state index in [9.17, 15) is 22.8 Å². The second kappa shape index (κ2) is 8.88. The number of urea groups is 1. The van der Waals surface area contributed by atoms with E-state index in [1.54, 1.807) is 12.1 Å². The summed E-state index contributed by atoms with van der Waals surface area (Å²) in [5, 5.41) is 15.0. The Labute approximate surface area is 198 Å². The highest BCUT2D eigenvalue weighted by Crippen LogP contribution is 2.37. The molecule has 4 rings (SSSR count). The minimum absolute atomic E-state index is 0.0824. The van der Waals surface area contributed by atoms with Crippen LogP contribution in [-0.4, -0.2) is 24.6 Å². The van der Waals surface area contributed by atoms with Gasteiger partial charge in [0.25, 0.3) is 0 Å². The number of hydrogen-bond donors (Lipinski definition) is 3. The van der Waals surface area contributed by atoms with Crippen LogP contribution in [0.3, 0.4) is 0 Å². The summed E-state index contributed by atoms with van der Waals surface area (Å²) in [4.78, 5) is 15.6. The predicted octanol–water partition coefficient (Wildman–Crippen LogP) is 4.39. The van der Waals surface area contributed by atoms with E-state index >= 15 is 0 Å². The zero-order valence-corrected chi connectivity index (χ0v) is 18.7. The molecule has 0 atom stereocenters. The smallest absolute Gasteiger partial charge is 0.343 e. The Balaban J connectivity index is 1.83. The first-order chi connectivity index (χ1) is 16.0. The molecule has 3 aromatic carbocycles. The summed E-state index contributed by atoms with van der Waals surface area (Å²) in [5.41, 5.74) is 6.94. The number of carbonyl (C=O) groups is 1. The molecule has 1 aromatic heterocycles. The number of halogens is 2. The van der Waals surface area contributed by atoms with Gasteiger partial charge >= 0.3 is 6.03 Å². The number of benzene rings is 3. The number of nitrogens with zero attached hydrogens (tertiary/aromatic N) is 2. The van der Waals surface area contributed by atoms with E-state index in [1.807, 2.05) is 0 Å². The number of amides is 2. The lowest BCUT2D eigenvalue weighted by atomic mass is 10.1. The van der Waals surface area contributed by atoms with Crippen molar-refractivity contribution in [2.24, 2.45) is 10.9 Å². The monoisotopic (exact) mass is 502 g/mol. The highest BCUT2D eigenvalue weighted by molar-refractivity contribution is 7.89. The number of anilines is 1. The van der Waals surface area contributed by atoms with Gasteiger partial charge in [0.05, 0.1) is 15.6 Å². The van der Waals surface area contributed by atoms with E-state index in [1.165, 1.54) is 54.6 Å². The first-order valence-electron chi connectivity index (χ1n) is 9.53. The van der Waals surface area contributed by atoms with Gasteiger partial charge in [-0.2, -0.15) is 5.06 Å². The molecule has 0 fully saturated rings. The van der Waals surface area contributed by atoms with Crippen molar-refractivity contribution in [2.75, 3.05) is 5.06 Å². The van der Waals surface area contributed by atoms with E-state index in [-0.39, 0.29) is 32.3 Å². The molecule has 5 N–H and O–H groups in total.